The van der Waals surface area contributed by atoms with Gasteiger partial charge in [-0.3, -0.25) is 4.79 Å². The van der Waals surface area contributed by atoms with Crippen LogP contribution in [0.3, 0.4) is 0 Å². The number of tetrazole rings is 1. The van der Waals surface area contributed by atoms with E-state index >= 15 is 0 Å². The van der Waals surface area contributed by atoms with Gasteiger partial charge in [-0.2, -0.15) is 13.2 Å². The first-order valence-corrected chi connectivity index (χ1v) is 5.93. The number of halogens is 4. The first kappa shape index (κ1) is 14.4. The third-order valence-electron chi connectivity index (χ3n) is 2.35. The molecular weight excluding hydrogens is 345 g/mol. The number of rotatable bonds is 3. The SMILES string of the molecule is O=C(O)Cn1nnnc1-c1cc(C(F)(F)F)ccc1Br. The fourth-order valence-electron chi connectivity index (χ4n) is 1.51. The third-order valence-corrected chi connectivity index (χ3v) is 3.04. The lowest BCUT2D eigenvalue weighted by Gasteiger charge is -2.10. The van der Waals surface area contributed by atoms with Crippen molar-refractivity contribution in [2.75, 3.05) is 0 Å². The smallest absolute Gasteiger partial charge is 0.416 e. The van der Waals surface area contributed by atoms with Crippen molar-refractivity contribution in [1.29, 1.82) is 0 Å². The Hall–Kier alpha value is -1.97. The molecule has 0 aliphatic carbocycles. The van der Waals surface area contributed by atoms with E-state index in [-0.39, 0.29) is 11.4 Å². The highest BCUT2D eigenvalue weighted by molar-refractivity contribution is 9.10. The van der Waals surface area contributed by atoms with E-state index in [0.29, 0.717) is 4.47 Å². The zero-order valence-corrected chi connectivity index (χ0v) is 11.2. The number of alkyl halides is 3. The van der Waals surface area contributed by atoms with Crippen molar-refractivity contribution in [3.05, 3.63) is 28.2 Å². The normalized spacial score (nSPS) is 11.6. The Labute approximate surface area is 118 Å². The number of carboxylic acids is 1. The van der Waals surface area contributed by atoms with E-state index in [0.717, 1.165) is 16.8 Å². The number of carboxylic acid groups (broad SMARTS) is 1. The molecule has 10 heteroatoms. The highest BCUT2D eigenvalue weighted by atomic mass is 79.9. The summed E-state index contributed by atoms with van der Waals surface area (Å²) in [5, 5.41) is 19.0. The van der Waals surface area contributed by atoms with Gasteiger partial charge in [0.2, 0.25) is 0 Å². The van der Waals surface area contributed by atoms with Crippen molar-refractivity contribution >= 4 is 21.9 Å². The van der Waals surface area contributed by atoms with Gasteiger partial charge in [0, 0.05) is 10.0 Å². The summed E-state index contributed by atoms with van der Waals surface area (Å²) in [6, 6.07) is 2.96. The topological polar surface area (TPSA) is 80.9 Å². The van der Waals surface area contributed by atoms with Gasteiger partial charge in [-0.15, -0.1) is 5.10 Å². The lowest BCUT2D eigenvalue weighted by molar-refractivity contribution is -0.138. The number of nitrogens with zero attached hydrogens (tertiary/aromatic N) is 4. The van der Waals surface area contributed by atoms with Crippen molar-refractivity contribution in [2.24, 2.45) is 0 Å². The van der Waals surface area contributed by atoms with E-state index in [1.165, 1.54) is 6.07 Å². The fraction of sp³-hybridized carbons (Fsp3) is 0.200. The number of aliphatic carboxylic acids is 1. The summed E-state index contributed by atoms with van der Waals surface area (Å²) in [6.07, 6.45) is -4.51. The van der Waals surface area contributed by atoms with Gasteiger partial charge in [0.05, 0.1) is 5.56 Å². The van der Waals surface area contributed by atoms with Crippen LogP contribution in [-0.4, -0.2) is 31.3 Å². The molecule has 1 aromatic heterocycles. The van der Waals surface area contributed by atoms with E-state index in [1.807, 2.05) is 0 Å². The summed E-state index contributed by atoms with van der Waals surface area (Å²) in [6.45, 7) is -0.551. The van der Waals surface area contributed by atoms with Crippen molar-refractivity contribution in [3.63, 3.8) is 0 Å². The maximum absolute atomic E-state index is 12.7. The van der Waals surface area contributed by atoms with Gasteiger partial charge in [-0.1, -0.05) is 15.9 Å². The van der Waals surface area contributed by atoms with Gasteiger partial charge in [0.1, 0.15) is 6.54 Å². The molecule has 1 N–H and O–H groups in total. The molecule has 0 fully saturated rings. The second-order valence-corrected chi connectivity index (χ2v) is 4.60. The van der Waals surface area contributed by atoms with Crippen LogP contribution in [0.4, 0.5) is 13.2 Å². The van der Waals surface area contributed by atoms with Gasteiger partial charge in [0.15, 0.2) is 5.82 Å². The second kappa shape index (κ2) is 5.19. The largest absolute Gasteiger partial charge is 0.480 e. The number of hydrogen-bond acceptors (Lipinski definition) is 4. The van der Waals surface area contributed by atoms with E-state index < -0.39 is 24.3 Å². The fourth-order valence-corrected chi connectivity index (χ4v) is 1.93. The van der Waals surface area contributed by atoms with Gasteiger partial charge in [-0.25, -0.2) is 4.68 Å². The van der Waals surface area contributed by atoms with Crippen LogP contribution >= 0.6 is 15.9 Å². The van der Waals surface area contributed by atoms with Crippen LogP contribution in [-0.2, 0) is 17.5 Å². The number of benzene rings is 1. The minimum Gasteiger partial charge on any atom is -0.480 e. The van der Waals surface area contributed by atoms with Crippen LogP contribution < -0.4 is 0 Å². The highest BCUT2D eigenvalue weighted by Gasteiger charge is 2.31. The quantitative estimate of drug-likeness (QED) is 0.917. The Balaban J connectivity index is 2.52. The van der Waals surface area contributed by atoms with E-state index in [2.05, 4.69) is 31.5 Å². The van der Waals surface area contributed by atoms with Crippen molar-refractivity contribution in [2.45, 2.75) is 12.7 Å². The molecule has 20 heavy (non-hydrogen) atoms. The van der Waals surface area contributed by atoms with Crippen LogP contribution in [0.1, 0.15) is 5.56 Å². The Morgan fingerprint density at radius 1 is 1.40 bits per heavy atom. The molecule has 2 aromatic rings. The first-order chi connectivity index (χ1) is 9.29. The molecular formula is C10H6BrF3N4O2. The molecule has 0 bridgehead atoms. The summed E-state index contributed by atoms with van der Waals surface area (Å²) in [5.74, 6) is -1.27. The molecule has 0 amide bonds. The Bertz CT molecular complexity index is 656. The molecule has 6 nitrogen and oxygen atoms in total. The van der Waals surface area contributed by atoms with Gasteiger partial charge in [0.25, 0.3) is 0 Å². The molecule has 0 atom stereocenters. The first-order valence-electron chi connectivity index (χ1n) is 5.14. The van der Waals surface area contributed by atoms with Crippen LogP contribution in [0.25, 0.3) is 11.4 Å². The summed E-state index contributed by atoms with van der Waals surface area (Å²) in [7, 11) is 0. The van der Waals surface area contributed by atoms with Crippen LogP contribution in [0.15, 0.2) is 22.7 Å². The standard InChI is InChI=1S/C10H6BrF3N4O2/c11-7-2-1-5(10(12,13)14)3-6(7)9-15-16-17-18(9)4-8(19)20/h1-3H,4H2,(H,19,20). The molecule has 0 saturated heterocycles. The van der Waals surface area contributed by atoms with Crippen molar-refractivity contribution in [1.82, 2.24) is 20.2 Å². The Morgan fingerprint density at radius 2 is 2.10 bits per heavy atom. The van der Waals surface area contributed by atoms with Crippen LogP contribution in [0.5, 0.6) is 0 Å². The summed E-state index contributed by atoms with van der Waals surface area (Å²) in [5.41, 5.74) is -0.813. The third kappa shape index (κ3) is 2.95. The van der Waals surface area contributed by atoms with E-state index in [1.54, 1.807) is 0 Å². The number of aromatic nitrogens is 4. The minimum absolute atomic E-state index is 0.0612. The molecule has 0 aliphatic heterocycles. The average molecular weight is 351 g/mol. The molecule has 106 valence electrons. The monoisotopic (exact) mass is 350 g/mol. The molecule has 1 heterocycles. The van der Waals surface area contributed by atoms with Gasteiger partial charge < -0.3 is 5.11 Å². The van der Waals surface area contributed by atoms with E-state index in [4.69, 9.17) is 5.11 Å². The Morgan fingerprint density at radius 3 is 2.70 bits per heavy atom. The van der Waals surface area contributed by atoms with Gasteiger partial charge in [-0.05, 0) is 28.6 Å². The summed E-state index contributed by atoms with van der Waals surface area (Å²) >= 11 is 3.10. The van der Waals surface area contributed by atoms with Crippen molar-refractivity contribution in [3.8, 4) is 11.4 Å². The lowest BCUT2D eigenvalue weighted by Crippen LogP contribution is -2.12. The minimum atomic E-state index is -4.51. The summed E-state index contributed by atoms with van der Waals surface area (Å²) < 4.78 is 39.3. The zero-order chi connectivity index (χ0) is 14.9. The molecule has 0 saturated carbocycles. The molecule has 0 spiro atoms. The van der Waals surface area contributed by atoms with Crippen molar-refractivity contribution < 1.29 is 23.1 Å². The molecule has 0 unspecified atom stereocenters. The predicted octanol–water partition coefficient (Wildman–Crippen LogP) is 2.21. The predicted molar refractivity (Wildman–Crippen MR) is 63.6 cm³/mol. The maximum atomic E-state index is 12.7. The Kier molecular flexibility index (Phi) is 3.75. The van der Waals surface area contributed by atoms with Crippen LogP contribution in [0, 0.1) is 0 Å². The average Bonchev–Trinajstić information content (AvgIpc) is 2.75. The molecule has 0 radical (unpaired) electrons. The highest BCUT2D eigenvalue weighted by Crippen LogP contribution is 2.35. The maximum Gasteiger partial charge on any atom is 0.416 e. The molecule has 1 aromatic carbocycles. The number of carbonyl (C=O) groups is 1. The molecule has 0 aliphatic rings. The number of hydrogen-bond donors (Lipinski definition) is 1. The van der Waals surface area contributed by atoms with Gasteiger partial charge >= 0.3 is 12.1 Å². The molecule has 2 rings (SSSR count). The van der Waals surface area contributed by atoms with E-state index in [9.17, 15) is 18.0 Å². The summed E-state index contributed by atoms with van der Waals surface area (Å²) in [4.78, 5) is 10.7. The second-order valence-electron chi connectivity index (χ2n) is 3.75. The van der Waals surface area contributed by atoms with Crippen LogP contribution in [0.2, 0.25) is 0 Å². The lowest BCUT2D eigenvalue weighted by atomic mass is 10.1. The zero-order valence-electron chi connectivity index (χ0n) is 9.60.